The molecule has 2 unspecified atom stereocenters. The third-order valence-corrected chi connectivity index (χ3v) is 4.71. The number of rotatable bonds is 1. The molecule has 2 rings (SSSR count). The molecule has 0 amide bonds. The first-order valence-electron chi connectivity index (χ1n) is 5.21. The number of carbonyl (C=O) groups is 2. The highest BCUT2D eigenvalue weighted by atomic mass is 32.2. The first kappa shape index (κ1) is 10.2. The Morgan fingerprint density at radius 2 is 2.07 bits per heavy atom. The van der Waals surface area contributed by atoms with Crippen LogP contribution in [0.2, 0.25) is 0 Å². The van der Waals surface area contributed by atoms with Crippen molar-refractivity contribution >= 4 is 23.3 Å². The van der Waals surface area contributed by atoms with Gasteiger partial charge in [0.15, 0.2) is 0 Å². The van der Waals surface area contributed by atoms with Crippen LogP contribution in [0.15, 0.2) is 0 Å². The van der Waals surface area contributed by atoms with Crippen LogP contribution in [0.25, 0.3) is 0 Å². The number of carbonyl (C=O) groups excluding carboxylic acids is 2. The van der Waals surface area contributed by atoms with E-state index < -0.39 is 5.41 Å². The molecule has 3 heteroatoms. The molecule has 1 aliphatic heterocycles. The molecule has 1 saturated heterocycles. The Morgan fingerprint density at radius 1 is 1.36 bits per heavy atom. The lowest BCUT2D eigenvalue weighted by Crippen LogP contribution is -2.29. The predicted molar refractivity (Wildman–Crippen MR) is 57.4 cm³/mol. The molecule has 0 bridgehead atoms. The summed E-state index contributed by atoms with van der Waals surface area (Å²) in [5, 5.41) is 0.289. The summed E-state index contributed by atoms with van der Waals surface area (Å²) in [7, 11) is 0. The first-order chi connectivity index (χ1) is 6.52. The molecule has 2 aliphatic rings. The van der Waals surface area contributed by atoms with E-state index in [1.165, 1.54) is 0 Å². The number of thioether (sulfide) groups is 1. The van der Waals surface area contributed by atoms with Crippen LogP contribution in [-0.2, 0) is 9.59 Å². The Kier molecular flexibility index (Phi) is 2.46. The van der Waals surface area contributed by atoms with Crippen LogP contribution in [0.5, 0.6) is 0 Å². The van der Waals surface area contributed by atoms with Gasteiger partial charge < -0.3 is 0 Å². The van der Waals surface area contributed by atoms with Crippen molar-refractivity contribution in [1.29, 1.82) is 0 Å². The Morgan fingerprint density at radius 3 is 2.50 bits per heavy atom. The highest BCUT2D eigenvalue weighted by Gasteiger charge is 2.50. The zero-order chi connectivity index (χ0) is 10.3. The minimum absolute atomic E-state index is 0.180. The monoisotopic (exact) mass is 212 g/mol. The summed E-state index contributed by atoms with van der Waals surface area (Å²) in [4.78, 5) is 23.7. The maximum atomic E-state index is 12.0. The Balaban J connectivity index is 2.19. The fraction of sp³-hybridized carbons (Fsp3) is 0.818. The van der Waals surface area contributed by atoms with Gasteiger partial charge in [-0.25, -0.2) is 0 Å². The molecular weight excluding hydrogens is 196 g/mol. The lowest BCUT2D eigenvalue weighted by Gasteiger charge is -2.17. The molecule has 14 heavy (non-hydrogen) atoms. The fourth-order valence-corrected chi connectivity index (χ4v) is 3.88. The Labute approximate surface area is 88.8 Å². The van der Waals surface area contributed by atoms with Crippen molar-refractivity contribution in [2.24, 2.45) is 11.3 Å². The van der Waals surface area contributed by atoms with E-state index >= 15 is 0 Å². The van der Waals surface area contributed by atoms with E-state index in [9.17, 15) is 9.59 Å². The van der Waals surface area contributed by atoms with Gasteiger partial charge in [0, 0.05) is 17.1 Å². The SMILES string of the molecule is CC1(C)CC(=O)C(C2CCCS2)C1=O. The maximum absolute atomic E-state index is 12.0. The molecule has 0 aromatic carbocycles. The average Bonchev–Trinajstić information content (AvgIpc) is 2.61. The van der Waals surface area contributed by atoms with Crippen molar-refractivity contribution in [3.8, 4) is 0 Å². The zero-order valence-electron chi connectivity index (χ0n) is 8.71. The van der Waals surface area contributed by atoms with Crippen molar-refractivity contribution in [1.82, 2.24) is 0 Å². The molecule has 0 aromatic heterocycles. The van der Waals surface area contributed by atoms with Gasteiger partial charge in [0.2, 0.25) is 0 Å². The van der Waals surface area contributed by atoms with Gasteiger partial charge in [-0.3, -0.25) is 9.59 Å². The minimum Gasteiger partial charge on any atom is -0.299 e. The van der Waals surface area contributed by atoms with E-state index in [1.807, 2.05) is 13.8 Å². The standard InChI is InChI=1S/C11H16O2S/c1-11(2)6-7(12)9(10(11)13)8-4-3-5-14-8/h8-9H,3-6H2,1-2H3. The van der Waals surface area contributed by atoms with Gasteiger partial charge >= 0.3 is 0 Å². The van der Waals surface area contributed by atoms with Crippen molar-refractivity contribution in [2.75, 3.05) is 5.75 Å². The Hall–Kier alpha value is -0.310. The molecule has 0 N–H and O–H groups in total. The normalized spacial score (nSPS) is 36.7. The van der Waals surface area contributed by atoms with E-state index in [0.717, 1.165) is 18.6 Å². The van der Waals surface area contributed by atoms with Gasteiger partial charge in [-0.2, -0.15) is 11.8 Å². The minimum atomic E-state index is -0.398. The zero-order valence-corrected chi connectivity index (χ0v) is 9.52. The maximum Gasteiger partial charge on any atom is 0.150 e. The lowest BCUT2D eigenvalue weighted by molar-refractivity contribution is -0.129. The number of ketones is 2. The number of hydrogen-bond acceptors (Lipinski definition) is 3. The molecule has 2 fully saturated rings. The van der Waals surface area contributed by atoms with Gasteiger partial charge in [-0.15, -0.1) is 0 Å². The summed E-state index contributed by atoms with van der Waals surface area (Å²) in [6.45, 7) is 3.79. The number of hydrogen-bond donors (Lipinski definition) is 0. The van der Waals surface area contributed by atoms with Crippen LogP contribution in [-0.4, -0.2) is 22.6 Å². The van der Waals surface area contributed by atoms with Crippen LogP contribution in [0.4, 0.5) is 0 Å². The smallest absolute Gasteiger partial charge is 0.150 e. The summed E-state index contributed by atoms with van der Waals surface area (Å²) in [6, 6.07) is 0. The molecule has 0 aromatic rings. The van der Waals surface area contributed by atoms with Gasteiger partial charge in [-0.05, 0) is 18.6 Å². The summed E-state index contributed by atoms with van der Waals surface area (Å²) in [5.74, 6) is 1.20. The second-order valence-corrected chi connectivity index (χ2v) is 6.27. The van der Waals surface area contributed by atoms with E-state index in [0.29, 0.717) is 6.42 Å². The highest BCUT2D eigenvalue weighted by molar-refractivity contribution is 8.00. The van der Waals surface area contributed by atoms with Crippen molar-refractivity contribution in [3.05, 3.63) is 0 Å². The van der Waals surface area contributed by atoms with Crippen LogP contribution >= 0.6 is 11.8 Å². The van der Waals surface area contributed by atoms with Crippen LogP contribution in [0, 0.1) is 11.3 Å². The second-order valence-electron chi connectivity index (χ2n) is 4.92. The molecule has 1 aliphatic carbocycles. The largest absolute Gasteiger partial charge is 0.299 e. The van der Waals surface area contributed by atoms with Crippen LogP contribution in [0.3, 0.4) is 0 Å². The third-order valence-electron chi connectivity index (χ3n) is 3.25. The van der Waals surface area contributed by atoms with Crippen molar-refractivity contribution < 1.29 is 9.59 Å². The molecule has 2 nitrogen and oxygen atoms in total. The topological polar surface area (TPSA) is 34.1 Å². The molecule has 2 atom stereocenters. The van der Waals surface area contributed by atoms with Crippen molar-refractivity contribution in [2.45, 2.75) is 38.4 Å². The van der Waals surface area contributed by atoms with E-state index in [4.69, 9.17) is 0 Å². The molecular formula is C11H16O2S. The lowest BCUT2D eigenvalue weighted by atomic mass is 9.87. The van der Waals surface area contributed by atoms with Gasteiger partial charge in [0.1, 0.15) is 11.6 Å². The quantitative estimate of drug-likeness (QED) is 0.624. The Bertz CT molecular complexity index is 277. The number of Topliss-reactive ketones (excluding diaryl/α,β-unsaturated/α-hetero) is 2. The summed E-state index contributed by atoms with van der Waals surface area (Å²) in [6.07, 6.45) is 2.66. The van der Waals surface area contributed by atoms with Crippen LogP contribution < -0.4 is 0 Å². The van der Waals surface area contributed by atoms with E-state index in [1.54, 1.807) is 11.8 Å². The summed E-state index contributed by atoms with van der Waals surface area (Å²) >= 11 is 1.81. The molecule has 1 heterocycles. The highest BCUT2D eigenvalue weighted by Crippen LogP contribution is 2.43. The van der Waals surface area contributed by atoms with E-state index in [-0.39, 0.29) is 22.7 Å². The van der Waals surface area contributed by atoms with Gasteiger partial charge in [0.25, 0.3) is 0 Å². The third kappa shape index (κ3) is 1.52. The fourth-order valence-electron chi connectivity index (χ4n) is 2.44. The van der Waals surface area contributed by atoms with Gasteiger partial charge in [0.05, 0.1) is 5.92 Å². The first-order valence-corrected chi connectivity index (χ1v) is 6.26. The van der Waals surface area contributed by atoms with E-state index in [2.05, 4.69) is 0 Å². The molecule has 1 saturated carbocycles. The van der Waals surface area contributed by atoms with Crippen molar-refractivity contribution in [3.63, 3.8) is 0 Å². The van der Waals surface area contributed by atoms with Gasteiger partial charge in [-0.1, -0.05) is 13.8 Å². The summed E-state index contributed by atoms with van der Waals surface area (Å²) < 4.78 is 0. The second kappa shape index (κ2) is 3.37. The summed E-state index contributed by atoms with van der Waals surface area (Å²) in [5.41, 5.74) is -0.398. The predicted octanol–water partition coefficient (Wildman–Crippen LogP) is 2.07. The molecule has 0 spiro atoms. The molecule has 78 valence electrons. The average molecular weight is 212 g/mol. The van der Waals surface area contributed by atoms with Crippen LogP contribution in [0.1, 0.15) is 33.1 Å². The molecule has 0 radical (unpaired) electrons.